The van der Waals surface area contributed by atoms with Crippen LogP contribution in [0.2, 0.25) is 0 Å². The van der Waals surface area contributed by atoms with E-state index < -0.39 is 12.1 Å². The molecule has 0 aliphatic heterocycles. The Balaban J connectivity index is 2.30. The molecule has 2 aromatic rings. The number of hydrogen-bond donors (Lipinski definition) is 2. The second-order valence-electron chi connectivity index (χ2n) is 6.98. The summed E-state index contributed by atoms with van der Waals surface area (Å²) in [5.74, 6) is -0.421. The lowest BCUT2D eigenvalue weighted by atomic mass is 9.95. The molecule has 1 aromatic heterocycles. The van der Waals surface area contributed by atoms with Crippen LogP contribution in [0.3, 0.4) is 0 Å². The maximum Gasteiger partial charge on any atom is 0.344 e. The number of nitriles is 2. The van der Waals surface area contributed by atoms with Crippen LogP contribution in [0, 0.1) is 29.6 Å². The van der Waals surface area contributed by atoms with Crippen molar-refractivity contribution in [3.63, 3.8) is 0 Å². The van der Waals surface area contributed by atoms with E-state index in [2.05, 4.69) is 17.1 Å². The van der Waals surface area contributed by atoms with Crippen molar-refractivity contribution < 1.29 is 19.4 Å². The number of rotatable bonds is 5. The normalized spacial score (nSPS) is 14.6. The average Bonchev–Trinajstić information content (AvgIpc) is 2.99. The van der Waals surface area contributed by atoms with Gasteiger partial charge in [0.1, 0.15) is 18.0 Å². The zero-order valence-electron chi connectivity index (χ0n) is 17.5. The highest BCUT2D eigenvalue weighted by molar-refractivity contribution is 6.09. The van der Waals surface area contributed by atoms with Gasteiger partial charge in [-0.25, -0.2) is 9.78 Å². The van der Waals surface area contributed by atoms with E-state index in [0.717, 1.165) is 0 Å². The summed E-state index contributed by atoms with van der Waals surface area (Å²) in [5.41, 5.74) is 10.1. The molecule has 0 bridgehead atoms. The zero-order valence-corrected chi connectivity index (χ0v) is 17.5. The third kappa shape index (κ3) is 3.56. The number of nitrogens with two attached hydrogens (primary N) is 1. The topological polar surface area (TPSA) is 142 Å². The highest BCUT2D eigenvalue weighted by atomic mass is 16.5. The SMILES string of the molecule is COc1cccc(/C=C2/C(C)=C(C#N)c3nc(N)c(C#N)c(C)c32)c1O[C@H](C)C(=O)O. The van der Waals surface area contributed by atoms with E-state index in [4.69, 9.17) is 15.2 Å². The van der Waals surface area contributed by atoms with Gasteiger partial charge in [-0.15, -0.1) is 0 Å². The van der Waals surface area contributed by atoms with Crippen LogP contribution in [0.5, 0.6) is 11.5 Å². The van der Waals surface area contributed by atoms with Gasteiger partial charge in [-0.1, -0.05) is 12.1 Å². The summed E-state index contributed by atoms with van der Waals surface area (Å²) in [4.78, 5) is 15.6. The number of pyridine rings is 1. The van der Waals surface area contributed by atoms with Crippen molar-refractivity contribution in [3.05, 3.63) is 51.7 Å². The van der Waals surface area contributed by atoms with Crippen LogP contribution in [-0.4, -0.2) is 29.3 Å². The molecular weight excluding hydrogens is 396 g/mol. The molecule has 0 radical (unpaired) electrons. The Labute approximate surface area is 179 Å². The first-order valence-electron chi connectivity index (χ1n) is 9.35. The third-order valence-corrected chi connectivity index (χ3v) is 5.16. The molecule has 0 unspecified atom stereocenters. The Morgan fingerprint density at radius 1 is 1.29 bits per heavy atom. The van der Waals surface area contributed by atoms with E-state index in [0.29, 0.717) is 44.9 Å². The number of aliphatic carboxylic acids is 1. The van der Waals surface area contributed by atoms with Gasteiger partial charge in [0.05, 0.1) is 23.9 Å². The Morgan fingerprint density at radius 2 is 2.00 bits per heavy atom. The largest absolute Gasteiger partial charge is 0.493 e. The number of carbonyl (C=O) groups is 1. The number of carboxylic acid groups (broad SMARTS) is 1. The van der Waals surface area contributed by atoms with Gasteiger partial charge >= 0.3 is 5.97 Å². The smallest absolute Gasteiger partial charge is 0.344 e. The van der Waals surface area contributed by atoms with Crippen LogP contribution in [0.15, 0.2) is 23.8 Å². The molecule has 0 spiro atoms. The fourth-order valence-corrected chi connectivity index (χ4v) is 3.51. The van der Waals surface area contributed by atoms with E-state index in [1.54, 1.807) is 38.1 Å². The number of hydrogen-bond acceptors (Lipinski definition) is 7. The predicted octanol–water partition coefficient (Wildman–Crippen LogP) is 3.56. The summed E-state index contributed by atoms with van der Waals surface area (Å²) in [6.07, 6.45) is 0.667. The maximum absolute atomic E-state index is 11.3. The summed E-state index contributed by atoms with van der Waals surface area (Å²) in [6, 6.07) is 9.40. The van der Waals surface area contributed by atoms with Crippen molar-refractivity contribution >= 4 is 29.0 Å². The van der Waals surface area contributed by atoms with Gasteiger partial charge in [-0.3, -0.25) is 0 Å². The van der Waals surface area contributed by atoms with Crippen molar-refractivity contribution in [1.82, 2.24) is 4.98 Å². The Kier molecular flexibility index (Phi) is 5.67. The first-order valence-corrected chi connectivity index (χ1v) is 9.35. The fourth-order valence-electron chi connectivity index (χ4n) is 3.51. The number of allylic oxidation sites excluding steroid dienone is 3. The molecular formula is C23H20N4O4. The molecule has 8 nitrogen and oxygen atoms in total. The highest BCUT2D eigenvalue weighted by Crippen LogP contribution is 2.45. The first kappa shape index (κ1) is 21.4. The number of carboxylic acids is 1. The molecule has 156 valence electrons. The van der Waals surface area contributed by atoms with E-state index in [1.165, 1.54) is 14.0 Å². The molecule has 1 aliphatic rings. The molecule has 1 atom stereocenters. The minimum absolute atomic E-state index is 0.0706. The fraction of sp³-hybridized carbons (Fsp3) is 0.217. The molecule has 0 amide bonds. The van der Waals surface area contributed by atoms with Crippen molar-refractivity contribution in [2.45, 2.75) is 26.9 Å². The van der Waals surface area contributed by atoms with Gasteiger partial charge in [0.2, 0.25) is 0 Å². The quantitative estimate of drug-likeness (QED) is 0.753. The second kappa shape index (κ2) is 8.21. The van der Waals surface area contributed by atoms with Crippen LogP contribution >= 0.6 is 0 Å². The summed E-state index contributed by atoms with van der Waals surface area (Å²) in [5, 5.41) is 28.5. The lowest BCUT2D eigenvalue weighted by molar-refractivity contribution is -0.144. The zero-order chi connectivity index (χ0) is 22.9. The van der Waals surface area contributed by atoms with Gasteiger partial charge in [0.25, 0.3) is 0 Å². The van der Waals surface area contributed by atoms with Crippen molar-refractivity contribution in [3.8, 4) is 23.6 Å². The molecule has 0 saturated carbocycles. The number of aromatic nitrogens is 1. The number of anilines is 1. The summed E-state index contributed by atoms with van der Waals surface area (Å²) >= 11 is 0. The van der Waals surface area contributed by atoms with Gasteiger partial charge in [-0.05, 0) is 49.6 Å². The first-order chi connectivity index (χ1) is 14.7. The highest BCUT2D eigenvalue weighted by Gasteiger charge is 2.30. The Bertz CT molecular complexity index is 1250. The summed E-state index contributed by atoms with van der Waals surface area (Å²) in [6.45, 7) is 4.96. The maximum atomic E-state index is 11.3. The van der Waals surface area contributed by atoms with Crippen LogP contribution < -0.4 is 15.2 Å². The lowest BCUT2D eigenvalue weighted by Gasteiger charge is -2.17. The molecule has 1 heterocycles. The monoisotopic (exact) mass is 416 g/mol. The molecule has 0 fully saturated rings. The number of nitrogens with zero attached hydrogens (tertiary/aromatic N) is 3. The third-order valence-electron chi connectivity index (χ3n) is 5.16. The van der Waals surface area contributed by atoms with Crippen LogP contribution in [0.1, 0.15) is 41.8 Å². The number of benzene rings is 1. The lowest BCUT2D eigenvalue weighted by Crippen LogP contribution is -2.23. The minimum Gasteiger partial charge on any atom is -0.493 e. The number of methoxy groups -OCH3 is 1. The van der Waals surface area contributed by atoms with E-state index in [9.17, 15) is 20.4 Å². The van der Waals surface area contributed by atoms with Crippen LogP contribution in [0.4, 0.5) is 5.82 Å². The predicted molar refractivity (Wildman–Crippen MR) is 115 cm³/mol. The molecule has 1 aromatic carbocycles. The minimum atomic E-state index is -1.12. The number of ether oxygens (including phenoxy) is 2. The summed E-state index contributed by atoms with van der Waals surface area (Å²) < 4.78 is 11.0. The van der Waals surface area contributed by atoms with Gasteiger partial charge in [0, 0.05) is 11.1 Å². The summed E-state index contributed by atoms with van der Waals surface area (Å²) in [7, 11) is 1.46. The van der Waals surface area contributed by atoms with Crippen LogP contribution in [-0.2, 0) is 4.79 Å². The van der Waals surface area contributed by atoms with Crippen LogP contribution in [0.25, 0.3) is 17.2 Å². The standard InChI is InChI=1S/C23H20N4O4/c1-11-15(19-12(2)17(10-25)22(26)27-20(19)16(11)9-24)8-14-6-5-7-18(30-4)21(14)31-13(3)23(28)29/h5-8,13H,1-4H3,(H2,26,27)(H,28,29)/b15-8-/t13-/m1/s1. The molecule has 3 N–H and O–H groups in total. The number of para-hydroxylation sites is 1. The molecule has 0 saturated heterocycles. The van der Waals surface area contributed by atoms with E-state index in [-0.39, 0.29) is 17.1 Å². The molecule has 1 aliphatic carbocycles. The van der Waals surface area contributed by atoms with Gasteiger partial charge in [0.15, 0.2) is 17.6 Å². The van der Waals surface area contributed by atoms with E-state index >= 15 is 0 Å². The number of fused-ring (bicyclic) bond motifs is 1. The van der Waals surface area contributed by atoms with Crippen molar-refractivity contribution in [2.24, 2.45) is 0 Å². The Morgan fingerprint density at radius 3 is 2.58 bits per heavy atom. The van der Waals surface area contributed by atoms with E-state index in [1.807, 2.05) is 0 Å². The van der Waals surface area contributed by atoms with Crippen molar-refractivity contribution in [2.75, 3.05) is 12.8 Å². The number of nitrogen functional groups attached to an aromatic ring is 1. The average molecular weight is 416 g/mol. The molecule has 3 rings (SSSR count). The van der Waals surface area contributed by atoms with Gasteiger partial charge < -0.3 is 20.3 Å². The second-order valence-corrected chi connectivity index (χ2v) is 6.98. The van der Waals surface area contributed by atoms with Crippen molar-refractivity contribution in [1.29, 1.82) is 10.5 Å². The Hall–Kier alpha value is -4.30. The molecule has 31 heavy (non-hydrogen) atoms. The molecule has 8 heteroatoms. The van der Waals surface area contributed by atoms with Gasteiger partial charge in [-0.2, -0.15) is 10.5 Å².